The van der Waals surface area contributed by atoms with Crippen molar-refractivity contribution in [2.45, 2.75) is 66.7 Å². The predicted octanol–water partition coefficient (Wildman–Crippen LogP) is 3.65. The van der Waals surface area contributed by atoms with Gasteiger partial charge in [-0.3, -0.25) is 4.79 Å². The smallest absolute Gasteiger partial charge is 0.240 e. The summed E-state index contributed by atoms with van der Waals surface area (Å²) in [5, 5.41) is 12.0. The van der Waals surface area contributed by atoms with E-state index in [4.69, 9.17) is 5.26 Å². The maximum absolute atomic E-state index is 12.0. The second-order valence-electron chi connectivity index (χ2n) is 6.10. The fourth-order valence-electron chi connectivity index (χ4n) is 1.75. The van der Waals surface area contributed by atoms with Crippen molar-refractivity contribution >= 4 is 5.91 Å². The van der Waals surface area contributed by atoms with Crippen LogP contribution in [0.2, 0.25) is 0 Å². The van der Waals surface area contributed by atoms with Crippen LogP contribution >= 0.6 is 0 Å². The third-order valence-corrected chi connectivity index (χ3v) is 3.64. The zero-order valence-electron chi connectivity index (χ0n) is 12.6. The summed E-state index contributed by atoms with van der Waals surface area (Å²) in [6.45, 7) is 10.7. The lowest BCUT2D eigenvalue weighted by Gasteiger charge is -2.27. The van der Waals surface area contributed by atoms with E-state index in [0.29, 0.717) is 13.0 Å². The van der Waals surface area contributed by atoms with Gasteiger partial charge in [0.15, 0.2) is 0 Å². The predicted molar refractivity (Wildman–Crippen MR) is 74.9 cm³/mol. The van der Waals surface area contributed by atoms with Gasteiger partial charge in [-0.1, -0.05) is 47.0 Å². The molecule has 0 fully saturated rings. The number of hydrogen-bond donors (Lipinski definition) is 1. The second kappa shape index (κ2) is 7.41. The minimum atomic E-state index is -0.889. The van der Waals surface area contributed by atoms with Crippen molar-refractivity contribution < 1.29 is 4.79 Å². The third-order valence-electron chi connectivity index (χ3n) is 3.64. The van der Waals surface area contributed by atoms with Crippen LogP contribution < -0.4 is 5.32 Å². The van der Waals surface area contributed by atoms with Gasteiger partial charge >= 0.3 is 0 Å². The molecular weight excluding hydrogens is 224 g/mol. The van der Waals surface area contributed by atoms with E-state index in [0.717, 1.165) is 6.42 Å². The van der Waals surface area contributed by atoms with E-state index in [9.17, 15) is 4.79 Å². The van der Waals surface area contributed by atoms with E-state index in [-0.39, 0.29) is 11.3 Å². The zero-order valence-corrected chi connectivity index (χ0v) is 12.6. The Kier molecular flexibility index (Phi) is 6.98. The number of nitriles is 1. The minimum absolute atomic E-state index is 0.106. The van der Waals surface area contributed by atoms with Crippen LogP contribution in [0, 0.1) is 22.2 Å². The zero-order chi connectivity index (χ0) is 14.2. The molecule has 3 heteroatoms. The summed E-state index contributed by atoms with van der Waals surface area (Å²) in [5.74, 6) is -0.143. The summed E-state index contributed by atoms with van der Waals surface area (Å²) < 4.78 is 0. The van der Waals surface area contributed by atoms with E-state index in [1.165, 1.54) is 19.3 Å². The fourth-order valence-corrected chi connectivity index (χ4v) is 1.75. The third kappa shape index (κ3) is 5.53. The normalized spacial score (nSPS) is 14.7. The van der Waals surface area contributed by atoms with Gasteiger partial charge in [-0.15, -0.1) is 0 Å². The Hall–Kier alpha value is -1.04. The van der Waals surface area contributed by atoms with Crippen LogP contribution in [0.4, 0.5) is 0 Å². The lowest BCUT2D eigenvalue weighted by molar-refractivity contribution is -0.128. The molecule has 0 spiro atoms. The highest BCUT2D eigenvalue weighted by Gasteiger charge is 2.32. The molecule has 0 saturated carbocycles. The van der Waals surface area contributed by atoms with Crippen molar-refractivity contribution in [2.75, 3.05) is 6.54 Å². The first-order valence-corrected chi connectivity index (χ1v) is 7.01. The summed E-state index contributed by atoms with van der Waals surface area (Å²) in [5.41, 5.74) is -0.783. The number of hydrogen-bond acceptors (Lipinski definition) is 2. The topological polar surface area (TPSA) is 52.9 Å². The highest BCUT2D eigenvalue weighted by Crippen LogP contribution is 2.24. The van der Waals surface area contributed by atoms with Crippen LogP contribution in [-0.2, 0) is 4.79 Å². The van der Waals surface area contributed by atoms with Crippen LogP contribution in [0.1, 0.15) is 66.7 Å². The number of unbranched alkanes of at least 4 members (excludes halogenated alkanes) is 2. The monoisotopic (exact) mass is 252 g/mol. The van der Waals surface area contributed by atoms with Gasteiger partial charge in [0.1, 0.15) is 5.41 Å². The van der Waals surface area contributed by atoms with Crippen molar-refractivity contribution in [3.05, 3.63) is 0 Å². The average Bonchev–Trinajstić information content (AvgIpc) is 2.35. The van der Waals surface area contributed by atoms with Crippen LogP contribution in [0.5, 0.6) is 0 Å². The van der Waals surface area contributed by atoms with Crippen LogP contribution in [0.3, 0.4) is 0 Å². The Bertz CT molecular complexity index is 304. The maximum atomic E-state index is 12.0. The molecule has 0 aromatic heterocycles. The molecule has 104 valence electrons. The van der Waals surface area contributed by atoms with Gasteiger partial charge in [0.25, 0.3) is 0 Å². The number of amides is 1. The molecule has 1 unspecified atom stereocenters. The molecule has 0 saturated heterocycles. The molecule has 1 N–H and O–H groups in total. The van der Waals surface area contributed by atoms with Gasteiger partial charge < -0.3 is 5.32 Å². The van der Waals surface area contributed by atoms with Crippen LogP contribution in [-0.4, -0.2) is 12.5 Å². The summed E-state index contributed by atoms with van der Waals surface area (Å²) >= 11 is 0. The summed E-state index contributed by atoms with van der Waals surface area (Å²) in [6.07, 6.45) is 5.30. The first-order chi connectivity index (χ1) is 8.31. The number of carbonyl (C=O) groups is 1. The molecule has 3 nitrogen and oxygen atoms in total. The van der Waals surface area contributed by atoms with E-state index >= 15 is 0 Å². The molecule has 18 heavy (non-hydrogen) atoms. The number of carbonyl (C=O) groups excluding carboxylic acids is 1. The minimum Gasteiger partial charge on any atom is -0.354 e. The van der Waals surface area contributed by atoms with Crippen molar-refractivity contribution in [3.8, 4) is 6.07 Å². The Labute approximate surface area is 112 Å². The largest absolute Gasteiger partial charge is 0.354 e. The molecule has 0 aliphatic carbocycles. The molecule has 1 atom stereocenters. The molecule has 0 aromatic rings. The Morgan fingerprint density at radius 2 is 1.83 bits per heavy atom. The molecule has 1 amide bonds. The lowest BCUT2D eigenvalue weighted by atomic mass is 9.85. The van der Waals surface area contributed by atoms with Gasteiger partial charge in [-0.2, -0.15) is 5.26 Å². The molecular formula is C15H28N2O. The van der Waals surface area contributed by atoms with Crippen molar-refractivity contribution in [3.63, 3.8) is 0 Å². The molecule has 0 radical (unpaired) electrons. The molecule has 0 heterocycles. The Morgan fingerprint density at radius 1 is 1.22 bits per heavy atom. The van der Waals surface area contributed by atoms with Gasteiger partial charge in [0.05, 0.1) is 6.07 Å². The highest BCUT2D eigenvalue weighted by atomic mass is 16.2. The average molecular weight is 252 g/mol. The first-order valence-electron chi connectivity index (χ1n) is 7.01. The number of nitrogens with one attached hydrogen (secondary N) is 1. The van der Waals surface area contributed by atoms with Gasteiger partial charge in [-0.25, -0.2) is 0 Å². The van der Waals surface area contributed by atoms with Crippen LogP contribution in [0.15, 0.2) is 0 Å². The maximum Gasteiger partial charge on any atom is 0.240 e. The van der Waals surface area contributed by atoms with E-state index in [1.54, 1.807) is 6.92 Å². The molecule has 0 aliphatic heterocycles. The Morgan fingerprint density at radius 3 is 2.28 bits per heavy atom. The molecule has 0 aromatic carbocycles. The molecule has 0 bridgehead atoms. The van der Waals surface area contributed by atoms with Crippen LogP contribution in [0.25, 0.3) is 0 Å². The van der Waals surface area contributed by atoms with Gasteiger partial charge in [-0.05, 0) is 25.2 Å². The fraction of sp³-hybridized carbons (Fsp3) is 0.867. The quantitative estimate of drug-likeness (QED) is 0.670. The number of rotatable bonds is 8. The van der Waals surface area contributed by atoms with E-state index in [2.05, 4.69) is 32.2 Å². The summed E-state index contributed by atoms with van der Waals surface area (Å²) in [7, 11) is 0. The Balaban J connectivity index is 4.23. The van der Waals surface area contributed by atoms with Gasteiger partial charge in [0.2, 0.25) is 5.91 Å². The number of nitrogens with zero attached hydrogens (tertiary/aromatic N) is 1. The summed E-state index contributed by atoms with van der Waals surface area (Å²) in [4.78, 5) is 12.0. The van der Waals surface area contributed by atoms with E-state index < -0.39 is 5.41 Å². The summed E-state index contributed by atoms with van der Waals surface area (Å²) in [6, 6.07) is 2.10. The van der Waals surface area contributed by atoms with E-state index in [1.807, 2.05) is 6.92 Å². The first kappa shape index (κ1) is 17.0. The second-order valence-corrected chi connectivity index (χ2v) is 6.10. The van der Waals surface area contributed by atoms with Gasteiger partial charge in [0, 0.05) is 6.54 Å². The standard InChI is InChI=1S/C15H28N2O/c1-6-8-9-10-14(3,4)12-17-13(18)15(5,7-2)11-16/h6-10,12H2,1-5H3,(H,17,18). The van der Waals surface area contributed by atoms with Crippen molar-refractivity contribution in [1.29, 1.82) is 5.26 Å². The van der Waals surface area contributed by atoms with Crippen molar-refractivity contribution in [1.82, 2.24) is 5.32 Å². The lowest BCUT2D eigenvalue weighted by Crippen LogP contribution is -2.42. The molecule has 0 rings (SSSR count). The molecule has 0 aliphatic rings. The SMILES string of the molecule is CCCCCC(C)(C)CNC(=O)C(C)(C#N)CC. The highest BCUT2D eigenvalue weighted by molar-refractivity contribution is 5.84. The van der Waals surface area contributed by atoms with Crippen molar-refractivity contribution in [2.24, 2.45) is 10.8 Å².